The monoisotopic (exact) mass is 427 g/mol. The van der Waals surface area contributed by atoms with E-state index in [0.717, 1.165) is 36.9 Å². The number of benzene rings is 2. The second kappa shape index (κ2) is 8.02. The van der Waals surface area contributed by atoms with Crippen LogP contribution in [0, 0.1) is 0 Å². The van der Waals surface area contributed by atoms with Crippen LogP contribution in [0.25, 0.3) is 11.4 Å². The predicted molar refractivity (Wildman–Crippen MR) is 126 cm³/mol. The summed E-state index contributed by atoms with van der Waals surface area (Å²) in [6.07, 6.45) is 7.38. The van der Waals surface area contributed by atoms with E-state index >= 15 is 0 Å². The van der Waals surface area contributed by atoms with Gasteiger partial charge in [-0.3, -0.25) is 9.80 Å². The molecule has 2 amide bonds. The van der Waals surface area contributed by atoms with Crippen molar-refractivity contribution in [2.75, 3.05) is 25.5 Å². The Bertz CT molecular complexity index is 1070. The summed E-state index contributed by atoms with van der Waals surface area (Å²) in [5.74, 6) is 0.667. The number of carbonyl (C=O) groups excluding carboxylic acids is 1. The van der Waals surface area contributed by atoms with Crippen molar-refractivity contribution >= 4 is 11.7 Å². The number of urea groups is 1. The molecule has 1 aromatic heterocycles. The minimum absolute atomic E-state index is 0.00506. The molecule has 2 aromatic carbocycles. The van der Waals surface area contributed by atoms with Gasteiger partial charge in [-0.1, -0.05) is 60.7 Å². The third kappa shape index (κ3) is 3.54. The van der Waals surface area contributed by atoms with E-state index in [-0.39, 0.29) is 17.1 Å². The third-order valence-corrected chi connectivity index (χ3v) is 7.26. The summed E-state index contributed by atoms with van der Waals surface area (Å²) < 4.78 is 0. The maximum Gasteiger partial charge on any atom is 0.322 e. The van der Waals surface area contributed by atoms with Crippen molar-refractivity contribution < 1.29 is 4.79 Å². The van der Waals surface area contributed by atoms with Gasteiger partial charge >= 0.3 is 6.03 Å². The molecule has 1 spiro atoms. The van der Waals surface area contributed by atoms with Gasteiger partial charge in [0.05, 0.1) is 30.2 Å². The zero-order chi connectivity index (χ0) is 22.2. The van der Waals surface area contributed by atoms with Crippen LogP contribution in [0.3, 0.4) is 0 Å². The first-order valence-electron chi connectivity index (χ1n) is 11.2. The highest BCUT2D eigenvalue weighted by Gasteiger charge is 2.50. The Labute approximate surface area is 189 Å². The number of anilines is 1. The average molecular weight is 428 g/mol. The van der Waals surface area contributed by atoms with Gasteiger partial charge in [-0.2, -0.15) is 0 Å². The summed E-state index contributed by atoms with van der Waals surface area (Å²) in [7, 11) is 4.33. The second-order valence-corrected chi connectivity index (χ2v) is 9.22. The topological polar surface area (TPSA) is 61.4 Å². The van der Waals surface area contributed by atoms with E-state index < -0.39 is 0 Å². The van der Waals surface area contributed by atoms with E-state index in [0.29, 0.717) is 12.4 Å². The molecule has 32 heavy (non-hydrogen) atoms. The normalized spacial score (nSPS) is 25.3. The Balaban J connectivity index is 1.33. The van der Waals surface area contributed by atoms with Crippen LogP contribution in [0.5, 0.6) is 0 Å². The molecule has 0 radical (unpaired) electrons. The summed E-state index contributed by atoms with van der Waals surface area (Å²) in [6, 6.07) is 20.6. The molecule has 0 atom stereocenters. The van der Waals surface area contributed by atoms with Crippen LogP contribution in [-0.4, -0.2) is 47.1 Å². The van der Waals surface area contributed by atoms with Gasteiger partial charge < -0.3 is 5.32 Å². The molecule has 1 saturated heterocycles. The number of nitrogens with zero attached hydrogens (tertiary/aromatic N) is 4. The lowest BCUT2D eigenvalue weighted by Gasteiger charge is -2.48. The third-order valence-electron chi connectivity index (χ3n) is 7.26. The molecule has 164 valence electrons. The minimum atomic E-state index is -0.205. The van der Waals surface area contributed by atoms with Gasteiger partial charge in [-0.25, -0.2) is 14.8 Å². The molecular formula is C26H29N5O. The molecular weight excluding hydrogens is 398 g/mol. The lowest BCUT2D eigenvalue weighted by Crippen LogP contribution is -2.54. The zero-order valence-electron chi connectivity index (χ0n) is 18.7. The lowest BCUT2D eigenvalue weighted by molar-refractivity contribution is 0.0658. The fourth-order valence-corrected chi connectivity index (χ4v) is 5.28. The summed E-state index contributed by atoms with van der Waals surface area (Å²) in [6.45, 7) is 0.651. The number of aromatic nitrogens is 2. The van der Waals surface area contributed by atoms with Crippen LogP contribution in [0.15, 0.2) is 73.1 Å². The van der Waals surface area contributed by atoms with Gasteiger partial charge in [0.15, 0.2) is 5.82 Å². The molecule has 0 bridgehead atoms. The second-order valence-electron chi connectivity index (χ2n) is 9.22. The lowest BCUT2D eigenvalue weighted by atomic mass is 9.69. The summed E-state index contributed by atoms with van der Waals surface area (Å²) in [5, 5.41) is 3.31. The standard InChI is InChI=1S/C26H29N5O/c1-30(2)26(21-11-7-4-8-12-21)15-13-25(14-16-26)19-31(24(32)29-25)22-17-27-23(28-18-22)20-9-5-3-6-10-20/h3-12,17-18H,13-16,19H2,1-2H3,(H,29,32). The number of hydrogen-bond donors (Lipinski definition) is 1. The van der Waals surface area contributed by atoms with Crippen molar-refractivity contribution in [3.05, 3.63) is 78.6 Å². The highest BCUT2D eigenvalue weighted by molar-refractivity contribution is 5.95. The molecule has 2 fully saturated rings. The first-order chi connectivity index (χ1) is 15.5. The summed E-state index contributed by atoms with van der Waals surface area (Å²) in [4.78, 5) is 26.1. The Kier molecular flexibility index (Phi) is 5.18. The Morgan fingerprint density at radius 3 is 2.06 bits per heavy atom. The Morgan fingerprint density at radius 1 is 0.875 bits per heavy atom. The maximum atomic E-state index is 12.9. The number of rotatable bonds is 4. The van der Waals surface area contributed by atoms with Gasteiger partial charge in [0.1, 0.15) is 0 Å². The van der Waals surface area contributed by atoms with Crippen LogP contribution in [0.4, 0.5) is 10.5 Å². The van der Waals surface area contributed by atoms with E-state index in [4.69, 9.17) is 0 Å². The SMILES string of the molecule is CN(C)C1(c2ccccc2)CCC2(CC1)CN(c1cnc(-c3ccccc3)nc1)C(=O)N2. The van der Waals surface area contributed by atoms with Crippen molar-refractivity contribution in [2.24, 2.45) is 0 Å². The Hall–Kier alpha value is -3.25. The summed E-state index contributed by atoms with van der Waals surface area (Å²) >= 11 is 0. The Morgan fingerprint density at radius 2 is 1.47 bits per heavy atom. The molecule has 6 nitrogen and oxygen atoms in total. The van der Waals surface area contributed by atoms with Crippen molar-refractivity contribution in [3.63, 3.8) is 0 Å². The molecule has 1 aliphatic carbocycles. The van der Waals surface area contributed by atoms with E-state index in [1.165, 1.54) is 5.56 Å². The highest BCUT2D eigenvalue weighted by Crippen LogP contribution is 2.46. The van der Waals surface area contributed by atoms with Crippen molar-refractivity contribution in [2.45, 2.75) is 36.8 Å². The summed E-state index contributed by atoms with van der Waals surface area (Å²) in [5.41, 5.74) is 2.86. The smallest absolute Gasteiger partial charge is 0.322 e. The van der Waals surface area contributed by atoms with Gasteiger partial charge in [0.2, 0.25) is 0 Å². The first kappa shape index (κ1) is 20.6. The van der Waals surface area contributed by atoms with Crippen molar-refractivity contribution in [1.29, 1.82) is 0 Å². The van der Waals surface area contributed by atoms with Crippen LogP contribution in [-0.2, 0) is 5.54 Å². The molecule has 6 heteroatoms. The van der Waals surface area contributed by atoms with Crippen LogP contribution < -0.4 is 10.2 Å². The van der Waals surface area contributed by atoms with Gasteiger partial charge in [0, 0.05) is 11.1 Å². The quantitative estimate of drug-likeness (QED) is 0.669. The van der Waals surface area contributed by atoms with E-state index in [9.17, 15) is 4.79 Å². The average Bonchev–Trinajstić information content (AvgIpc) is 3.16. The van der Waals surface area contributed by atoms with Gasteiger partial charge in [0.25, 0.3) is 0 Å². The molecule has 1 aliphatic heterocycles. The molecule has 5 rings (SSSR count). The number of amides is 2. The fourth-order valence-electron chi connectivity index (χ4n) is 5.28. The largest absolute Gasteiger partial charge is 0.330 e. The number of carbonyl (C=O) groups is 1. The van der Waals surface area contributed by atoms with E-state index in [2.05, 4.69) is 64.6 Å². The minimum Gasteiger partial charge on any atom is -0.330 e. The molecule has 1 saturated carbocycles. The zero-order valence-corrected chi connectivity index (χ0v) is 18.7. The molecule has 2 aliphatic rings. The molecule has 1 N–H and O–H groups in total. The van der Waals surface area contributed by atoms with Crippen LogP contribution in [0.2, 0.25) is 0 Å². The maximum absolute atomic E-state index is 12.9. The van der Waals surface area contributed by atoms with Gasteiger partial charge in [-0.15, -0.1) is 0 Å². The predicted octanol–water partition coefficient (Wildman–Crippen LogP) is 4.44. The molecule has 2 heterocycles. The van der Waals surface area contributed by atoms with Crippen LogP contribution in [0.1, 0.15) is 31.2 Å². The van der Waals surface area contributed by atoms with Gasteiger partial charge in [-0.05, 0) is 45.3 Å². The van der Waals surface area contributed by atoms with E-state index in [1.54, 1.807) is 17.3 Å². The van der Waals surface area contributed by atoms with Crippen LogP contribution >= 0.6 is 0 Å². The van der Waals surface area contributed by atoms with Crippen molar-refractivity contribution in [1.82, 2.24) is 20.2 Å². The number of nitrogens with one attached hydrogen (secondary N) is 1. The molecule has 3 aromatic rings. The molecule has 0 unspecified atom stereocenters. The fraction of sp³-hybridized carbons (Fsp3) is 0.346. The highest BCUT2D eigenvalue weighted by atomic mass is 16.2. The number of hydrogen-bond acceptors (Lipinski definition) is 4. The first-order valence-corrected chi connectivity index (χ1v) is 11.2. The van der Waals surface area contributed by atoms with Crippen molar-refractivity contribution in [3.8, 4) is 11.4 Å². The van der Waals surface area contributed by atoms with E-state index in [1.807, 2.05) is 30.3 Å².